The number of hydrogen-bond donors (Lipinski definition) is 0. The van der Waals surface area contributed by atoms with E-state index in [-0.39, 0.29) is 0 Å². The Hall–Kier alpha value is -1.35. The summed E-state index contributed by atoms with van der Waals surface area (Å²) >= 11 is 5.34. The first-order chi connectivity index (χ1) is 6.60. The molecule has 0 saturated carbocycles. The van der Waals surface area contributed by atoms with E-state index in [1.807, 2.05) is 0 Å². The Morgan fingerprint density at radius 2 is 2.14 bits per heavy atom. The van der Waals surface area contributed by atoms with Gasteiger partial charge in [-0.15, -0.1) is 0 Å². The monoisotopic (exact) mass is 212 g/mol. The number of methoxy groups -OCH3 is 1. The number of carbonyl (C=O) groups is 2. The van der Waals surface area contributed by atoms with Gasteiger partial charge in [-0.1, -0.05) is 0 Å². The second-order valence-electron chi connectivity index (χ2n) is 2.80. The maximum atomic E-state index is 10.9. The molecule has 0 aliphatic rings. The highest BCUT2D eigenvalue weighted by Gasteiger charge is 2.11. The number of halogens is 1. The van der Waals surface area contributed by atoms with Gasteiger partial charge in [0.2, 0.25) is 0 Å². The van der Waals surface area contributed by atoms with Crippen LogP contribution < -0.4 is 4.74 Å². The highest BCUT2D eigenvalue weighted by Crippen LogP contribution is 2.22. The number of benzene rings is 1. The maximum Gasteiger partial charge on any atom is 0.252 e. The molecule has 1 rings (SSSR count). The topological polar surface area (TPSA) is 43.4 Å². The Balaban J connectivity index is 3.37. The van der Waals surface area contributed by atoms with Crippen molar-refractivity contribution in [1.82, 2.24) is 0 Å². The maximum absolute atomic E-state index is 10.9. The predicted molar refractivity (Wildman–Crippen MR) is 53.3 cm³/mol. The summed E-state index contributed by atoms with van der Waals surface area (Å²) in [6, 6.07) is 3.04. The van der Waals surface area contributed by atoms with E-state index in [1.54, 1.807) is 13.0 Å². The van der Waals surface area contributed by atoms with Crippen molar-refractivity contribution in [3.8, 4) is 5.75 Å². The lowest BCUT2D eigenvalue weighted by molar-refractivity contribution is 0.108. The van der Waals surface area contributed by atoms with Crippen molar-refractivity contribution < 1.29 is 14.3 Å². The minimum Gasteiger partial charge on any atom is -0.496 e. The molecule has 0 amide bonds. The van der Waals surface area contributed by atoms with Crippen LogP contribution in [0.2, 0.25) is 0 Å². The third-order valence-electron chi connectivity index (χ3n) is 1.92. The first-order valence-corrected chi connectivity index (χ1v) is 4.31. The lowest BCUT2D eigenvalue weighted by Gasteiger charge is -2.07. The zero-order valence-electron chi connectivity index (χ0n) is 7.83. The van der Waals surface area contributed by atoms with Crippen LogP contribution in [0.1, 0.15) is 26.3 Å². The van der Waals surface area contributed by atoms with Crippen LogP contribution in [-0.2, 0) is 0 Å². The molecule has 0 fully saturated rings. The molecule has 1 aromatic rings. The van der Waals surface area contributed by atoms with Crippen molar-refractivity contribution in [3.63, 3.8) is 0 Å². The minimum atomic E-state index is -0.576. The largest absolute Gasteiger partial charge is 0.496 e. The second kappa shape index (κ2) is 4.24. The van der Waals surface area contributed by atoms with Crippen molar-refractivity contribution in [1.29, 1.82) is 0 Å². The Morgan fingerprint density at radius 1 is 1.50 bits per heavy atom. The smallest absolute Gasteiger partial charge is 0.252 e. The summed E-state index contributed by atoms with van der Waals surface area (Å²) in [5.74, 6) is 0.444. The molecule has 0 N–H and O–H groups in total. The van der Waals surface area contributed by atoms with Crippen molar-refractivity contribution >= 4 is 23.1 Å². The average Bonchev–Trinajstić information content (AvgIpc) is 2.16. The molecule has 0 heterocycles. The van der Waals surface area contributed by atoms with E-state index < -0.39 is 5.24 Å². The van der Waals surface area contributed by atoms with Gasteiger partial charge < -0.3 is 4.74 Å². The van der Waals surface area contributed by atoms with E-state index in [0.717, 1.165) is 0 Å². The van der Waals surface area contributed by atoms with Crippen molar-refractivity contribution in [2.45, 2.75) is 6.92 Å². The van der Waals surface area contributed by atoms with Crippen molar-refractivity contribution in [3.05, 3.63) is 28.8 Å². The van der Waals surface area contributed by atoms with Gasteiger partial charge in [-0.3, -0.25) is 9.59 Å². The zero-order valence-corrected chi connectivity index (χ0v) is 8.59. The summed E-state index contributed by atoms with van der Waals surface area (Å²) in [5, 5.41) is -0.576. The van der Waals surface area contributed by atoms with Gasteiger partial charge in [0.05, 0.1) is 12.7 Å². The summed E-state index contributed by atoms with van der Waals surface area (Å²) in [7, 11) is 1.46. The fourth-order valence-electron chi connectivity index (χ4n) is 1.18. The second-order valence-corrected chi connectivity index (χ2v) is 3.14. The molecule has 14 heavy (non-hydrogen) atoms. The quantitative estimate of drug-likeness (QED) is 0.570. The van der Waals surface area contributed by atoms with Gasteiger partial charge in [0.25, 0.3) is 5.24 Å². The first-order valence-electron chi connectivity index (χ1n) is 3.93. The molecule has 0 spiro atoms. The van der Waals surface area contributed by atoms with Crippen molar-refractivity contribution in [2.75, 3.05) is 7.11 Å². The SMILES string of the molecule is COc1cc(C)c(C(=O)Cl)cc1C=O. The Kier molecular flexibility index (Phi) is 3.25. The fraction of sp³-hybridized carbons (Fsp3) is 0.200. The molecule has 1 aromatic carbocycles. The highest BCUT2D eigenvalue weighted by atomic mass is 35.5. The van der Waals surface area contributed by atoms with Gasteiger partial charge in [0.1, 0.15) is 5.75 Å². The highest BCUT2D eigenvalue weighted by molar-refractivity contribution is 6.68. The molecule has 4 heteroatoms. The van der Waals surface area contributed by atoms with Crippen LogP contribution in [0, 0.1) is 6.92 Å². The molecular formula is C10H9ClO3. The fourth-order valence-corrected chi connectivity index (χ4v) is 1.38. The van der Waals surface area contributed by atoms with E-state index in [0.29, 0.717) is 28.7 Å². The third-order valence-corrected chi connectivity index (χ3v) is 2.12. The number of carbonyl (C=O) groups excluding carboxylic acids is 2. The van der Waals surface area contributed by atoms with Crippen LogP contribution in [0.25, 0.3) is 0 Å². The molecule has 0 aromatic heterocycles. The number of hydrogen-bond acceptors (Lipinski definition) is 3. The van der Waals surface area contributed by atoms with Gasteiger partial charge >= 0.3 is 0 Å². The molecule has 0 radical (unpaired) electrons. The number of aryl methyl sites for hydroxylation is 1. The summed E-state index contributed by atoms with van der Waals surface area (Å²) in [6.45, 7) is 1.73. The third kappa shape index (κ3) is 1.93. The van der Waals surface area contributed by atoms with Crippen LogP contribution >= 0.6 is 11.6 Å². The van der Waals surface area contributed by atoms with E-state index >= 15 is 0 Å². The predicted octanol–water partition coefficient (Wildman–Crippen LogP) is 2.20. The summed E-state index contributed by atoms with van der Waals surface area (Å²) in [6.07, 6.45) is 0.627. The summed E-state index contributed by atoms with van der Waals surface area (Å²) in [4.78, 5) is 21.6. The molecule has 0 aliphatic heterocycles. The summed E-state index contributed by atoms with van der Waals surface area (Å²) < 4.78 is 4.97. The molecule has 0 unspecified atom stereocenters. The van der Waals surface area contributed by atoms with E-state index in [9.17, 15) is 9.59 Å². The number of rotatable bonds is 3. The average molecular weight is 213 g/mol. The standard InChI is InChI=1S/C10H9ClO3/c1-6-3-9(14-2)7(5-12)4-8(6)10(11)13/h3-5H,1-2H3. The van der Waals surface area contributed by atoms with Gasteiger partial charge in [-0.25, -0.2) is 0 Å². The van der Waals surface area contributed by atoms with Crippen LogP contribution in [0.3, 0.4) is 0 Å². The zero-order chi connectivity index (χ0) is 10.7. The Bertz CT molecular complexity index is 385. The van der Waals surface area contributed by atoms with Crippen LogP contribution in [0.5, 0.6) is 5.75 Å². The van der Waals surface area contributed by atoms with Gasteiger partial charge in [0, 0.05) is 5.56 Å². The first kappa shape index (κ1) is 10.7. The Morgan fingerprint density at radius 3 is 2.57 bits per heavy atom. The molecule has 0 aliphatic carbocycles. The molecule has 74 valence electrons. The van der Waals surface area contributed by atoms with E-state index in [1.165, 1.54) is 13.2 Å². The van der Waals surface area contributed by atoms with E-state index in [4.69, 9.17) is 16.3 Å². The van der Waals surface area contributed by atoms with Gasteiger partial charge in [-0.2, -0.15) is 0 Å². The lowest BCUT2D eigenvalue weighted by atomic mass is 10.1. The number of ether oxygens (including phenoxy) is 1. The van der Waals surface area contributed by atoms with Gasteiger partial charge in [0.15, 0.2) is 6.29 Å². The molecule has 0 saturated heterocycles. The molecule has 0 bridgehead atoms. The van der Waals surface area contributed by atoms with E-state index in [2.05, 4.69) is 0 Å². The number of aldehydes is 1. The van der Waals surface area contributed by atoms with Gasteiger partial charge in [-0.05, 0) is 36.2 Å². The lowest BCUT2D eigenvalue weighted by Crippen LogP contribution is -1.98. The van der Waals surface area contributed by atoms with Crippen LogP contribution in [0.4, 0.5) is 0 Å². The summed E-state index contributed by atoms with van der Waals surface area (Å²) in [5.41, 5.74) is 1.34. The Labute approximate surface area is 86.6 Å². The molecule has 3 nitrogen and oxygen atoms in total. The van der Waals surface area contributed by atoms with Crippen LogP contribution in [-0.4, -0.2) is 18.6 Å². The normalized spacial score (nSPS) is 9.64. The van der Waals surface area contributed by atoms with Crippen LogP contribution in [0.15, 0.2) is 12.1 Å². The molecule has 0 atom stereocenters. The minimum absolute atomic E-state index is 0.321. The molecular weight excluding hydrogens is 204 g/mol. The van der Waals surface area contributed by atoms with Crippen molar-refractivity contribution in [2.24, 2.45) is 0 Å².